The van der Waals surface area contributed by atoms with Crippen LogP contribution in [0.5, 0.6) is 0 Å². The third kappa shape index (κ3) is 2.55. The lowest BCUT2D eigenvalue weighted by molar-refractivity contribution is -0.207. The molecule has 2 saturated carbocycles. The molecule has 7 atom stereocenters. The van der Waals surface area contributed by atoms with Crippen molar-refractivity contribution in [1.82, 2.24) is 0 Å². The number of Topliss-reactive ketones (excluding diaryl/α,β-unsaturated/α-hetero) is 1. The molecule has 0 amide bonds. The van der Waals surface area contributed by atoms with Gasteiger partial charge in [-0.05, 0) is 42.6 Å². The molecule has 3 fully saturated rings. The van der Waals surface area contributed by atoms with E-state index in [0.29, 0.717) is 19.3 Å². The molecule has 7 nitrogen and oxygen atoms in total. The molecule has 0 spiro atoms. The van der Waals surface area contributed by atoms with E-state index in [1.807, 2.05) is 13.8 Å². The highest BCUT2D eigenvalue weighted by Gasteiger charge is 2.67. The van der Waals surface area contributed by atoms with Crippen LogP contribution in [-0.4, -0.2) is 36.0 Å². The van der Waals surface area contributed by atoms with Crippen molar-refractivity contribution in [1.29, 1.82) is 0 Å². The van der Waals surface area contributed by atoms with Crippen LogP contribution >= 0.6 is 0 Å². The first-order valence-corrected chi connectivity index (χ1v) is 9.74. The number of cyclic esters (lactones) is 1. The van der Waals surface area contributed by atoms with Crippen LogP contribution in [0.3, 0.4) is 0 Å². The normalized spacial score (nSPS) is 42.9. The highest BCUT2D eigenvalue weighted by atomic mass is 16.5. The molecule has 4 rings (SSSR count). The molecule has 3 aliphatic rings. The highest BCUT2D eigenvalue weighted by molar-refractivity contribution is 5.91. The van der Waals surface area contributed by atoms with E-state index < -0.39 is 46.8 Å². The van der Waals surface area contributed by atoms with Gasteiger partial charge in [0.25, 0.3) is 0 Å². The Morgan fingerprint density at radius 2 is 2.04 bits per heavy atom. The summed E-state index contributed by atoms with van der Waals surface area (Å²) in [7, 11) is 1.32. The van der Waals surface area contributed by atoms with E-state index in [2.05, 4.69) is 0 Å². The number of ether oxygens (including phenoxy) is 2. The molecule has 1 aromatic rings. The van der Waals surface area contributed by atoms with Crippen molar-refractivity contribution in [3.63, 3.8) is 0 Å². The van der Waals surface area contributed by atoms with Crippen LogP contribution in [0, 0.1) is 28.6 Å². The van der Waals surface area contributed by atoms with Gasteiger partial charge in [-0.15, -0.1) is 0 Å². The van der Waals surface area contributed by atoms with Crippen molar-refractivity contribution in [2.24, 2.45) is 28.6 Å². The van der Waals surface area contributed by atoms with Crippen LogP contribution in [0.4, 0.5) is 0 Å². The number of esters is 2. The van der Waals surface area contributed by atoms with Crippen molar-refractivity contribution >= 4 is 17.7 Å². The summed E-state index contributed by atoms with van der Waals surface area (Å²) in [4.78, 5) is 38.6. The number of carbonyl (C=O) groups is 3. The maximum atomic E-state index is 13.2. The van der Waals surface area contributed by atoms with Gasteiger partial charge in [-0.1, -0.05) is 13.8 Å². The van der Waals surface area contributed by atoms with Gasteiger partial charge < -0.3 is 19.0 Å². The Hall–Kier alpha value is -2.15. The SMILES string of the molecule is COC(=O)[C@@H]1C[C@@H](O)C(=O)[C@H]2[C@@]1(C)CCC1C(=O)O[C@@H](c3ccoc3)C[C@@]12C. The van der Waals surface area contributed by atoms with Gasteiger partial charge in [0.05, 0.1) is 31.5 Å². The molecule has 152 valence electrons. The molecule has 1 N–H and O–H groups in total. The van der Waals surface area contributed by atoms with E-state index >= 15 is 0 Å². The zero-order chi connectivity index (χ0) is 20.3. The number of furan rings is 1. The molecule has 0 radical (unpaired) electrons. The number of hydrogen-bond acceptors (Lipinski definition) is 7. The Bertz CT molecular complexity index is 800. The molecule has 1 aliphatic heterocycles. The van der Waals surface area contributed by atoms with Gasteiger partial charge in [0.15, 0.2) is 5.78 Å². The standard InChI is InChI=1S/C21H26O7/c1-20-6-4-12-19(25)28-15(11-5-7-27-10-11)9-21(12,2)17(20)16(23)14(22)8-13(20)18(24)26-3/h5,7,10,12-15,17,22H,4,6,8-9H2,1-3H3/t12?,13-,14+,15+,17-,20-,21-/m0/s1. The number of aliphatic hydroxyl groups excluding tert-OH is 1. The van der Waals surface area contributed by atoms with E-state index in [1.54, 1.807) is 12.3 Å². The Morgan fingerprint density at radius 3 is 2.68 bits per heavy atom. The Kier molecular flexibility index (Phi) is 4.41. The Morgan fingerprint density at radius 1 is 1.29 bits per heavy atom. The predicted molar refractivity (Wildman–Crippen MR) is 95.7 cm³/mol. The van der Waals surface area contributed by atoms with Gasteiger partial charge in [0.2, 0.25) is 0 Å². The topological polar surface area (TPSA) is 103 Å². The zero-order valence-electron chi connectivity index (χ0n) is 16.3. The first-order valence-electron chi connectivity index (χ1n) is 9.74. The van der Waals surface area contributed by atoms with E-state index in [-0.39, 0.29) is 18.2 Å². The molecule has 0 bridgehead atoms. The van der Waals surface area contributed by atoms with E-state index in [4.69, 9.17) is 13.9 Å². The number of hydrogen-bond donors (Lipinski definition) is 1. The van der Waals surface area contributed by atoms with Crippen LogP contribution in [0.2, 0.25) is 0 Å². The van der Waals surface area contributed by atoms with E-state index in [9.17, 15) is 19.5 Å². The van der Waals surface area contributed by atoms with Crippen molar-refractivity contribution in [2.75, 3.05) is 7.11 Å². The fourth-order valence-electron chi connectivity index (χ4n) is 6.17. The summed E-state index contributed by atoms with van der Waals surface area (Å²) in [6.45, 7) is 3.86. The smallest absolute Gasteiger partial charge is 0.310 e. The number of ketones is 1. The summed E-state index contributed by atoms with van der Waals surface area (Å²) in [5.41, 5.74) is -0.656. The van der Waals surface area contributed by atoms with Crippen LogP contribution in [0.25, 0.3) is 0 Å². The van der Waals surface area contributed by atoms with Gasteiger partial charge in [0.1, 0.15) is 12.2 Å². The number of methoxy groups -OCH3 is 1. The molecule has 28 heavy (non-hydrogen) atoms. The summed E-state index contributed by atoms with van der Waals surface area (Å²) in [5.74, 6) is -2.68. The summed E-state index contributed by atoms with van der Waals surface area (Å²) in [6, 6.07) is 1.75. The van der Waals surface area contributed by atoms with Crippen molar-refractivity contribution in [2.45, 2.75) is 51.7 Å². The second-order valence-corrected chi connectivity index (χ2v) is 8.95. The van der Waals surface area contributed by atoms with E-state index in [1.165, 1.54) is 13.4 Å². The molecule has 2 heterocycles. The number of carbonyl (C=O) groups excluding carboxylic acids is 3. The Labute approximate surface area is 163 Å². The maximum absolute atomic E-state index is 13.2. The van der Waals surface area contributed by atoms with Crippen LogP contribution in [0.15, 0.2) is 23.0 Å². The van der Waals surface area contributed by atoms with Crippen LogP contribution in [-0.2, 0) is 23.9 Å². The molecule has 7 heteroatoms. The second kappa shape index (κ2) is 6.44. The molecular formula is C21H26O7. The zero-order valence-corrected chi connectivity index (χ0v) is 16.3. The molecule has 0 aromatic carbocycles. The third-order valence-corrected chi connectivity index (χ3v) is 7.52. The quantitative estimate of drug-likeness (QED) is 0.774. The fraction of sp³-hybridized carbons (Fsp3) is 0.667. The van der Waals surface area contributed by atoms with Crippen LogP contribution in [0.1, 0.15) is 51.2 Å². The maximum Gasteiger partial charge on any atom is 0.310 e. The van der Waals surface area contributed by atoms with Gasteiger partial charge in [-0.2, -0.15) is 0 Å². The first kappa shape index (κ1) is 19.2. The van der Waals surface area contributed by atoms with Crippen LogP contribution < -0.4 is 0 Å². The monoisotopic (exact) mass is 390 g/mol. The molecule has 2 aliphatic carbocycles. The average molecular weight is 390 g/mol. The predicted octanol–water partition coefficient (Wildman–Crippen LogP) is 2.43. The summed E-state index contributed by atoms with van der Waals surface area (Å²) < 4.78 is 15.8. The average Bonchev–Trinajstić information content (AvgIpc) is 3.18. The molecular weight excluding hydrogens is 364 g/mol. The number of rotatable bonds is 2. The number of fused-ring (bicyclic) bond motifs is 3. The summed E-state index contributed by atoms with van der Waals surface area (Å²) >= 11 is 0. The van der Waals surface area contributed by atoms with Gasteiger partial charge >= 0.3 is 11.9 Å². The Balaban J connectivity index is 1.79. The number of aliphatic hydroxyl groups is 1. The van der Waals surface area contributed by atoms with Crippen molar-refractivity contribution < 1.29 is 33.4 Å². The molecule has 1 aromatic heterocycles. The van der Waals surface area contributed by atoms with Crippen molar-refractivity contribution in [3.05, 3.63) is 24.2 Å². The largest absolute Gasteiger partial charge is 0.472 e. The first-order chi connectivity index (χ1) is 13.2. The van der Waals surface area contributed by atoms with E-state index in [0.717, 1.165) is 5.56 Å². The molecule has 1 unspecified atom stereocenters. The van der Waals surface area contributed by atoms with Gasteiger partial charge in [0, 0.05) is 11.5 Å². The lowest BCUT2D eigenvalue weighted by Crippen LogP contribution is -2.64. The summed E-state index contributed by atoms with van der Waals surface area (Å²) in [5, 5.41) is 10.5. The molecule has 1 saturated heterocycles. The lowest BCUT2D eigenvalue weighted by Gasteiger charge is -2.60. The minimum Gasteiger partial charge on any atom is -0.472 e. The van der Waals surface area contributed by atoms with Gasteiger partial charge in [-0.3, -0.25) is 14.4 Å². The highest BCUT2D eigenvalue weighted by Crippen LogP contribution is 2.64. The minimum atomic E-state index is -1.23. The summed E-state index contributed by atoms with van der Waals surface area (Å²) in [6.07, 6.45) is 2.88. The minimum absolute atomic E-state index is 0.0643. The van der Waals surface area contributed by atoms with Crippen molar-refractivity contribution in [3.8, 4) is 0 Å². The lowest BCUT2D eigenvalue weighted by atomic mass is 9.43. The fourth-order valence-corrected chi connectivity index (χ4v) is 6.17. The second-order valence-electron chi connectivity index (χ2n) is 8.95. The third-order valence-electron chi connectivity index (χ3n) is 7.52. The van der Waals surface area contributed by atoms with Gasteiger partial charge in [-0.25, -0.2) is 0 Å².